The van der Waals surface area contributed by atoms with Crippen molar-refractivity contribution in [1.82, 2.24) is 19.3 Å². The molecule has 5 heteroatoms. The van der Waals surface area contributed by atoms with Crippen molar-refractivity contribution in [3.05, 3.63) is 24.0 Å². The Morgan fingerprint density at radius 3 is 2.43 bits per heavy atom. The normalized spacial score (nSPS) is 21.8. The Morgan fingerprint density at radius 2 is 1.65 bits per heavy atom. The summed E-state index contributed by atoms with van der Waals surface area (Å²) in [5.74, 6) is 0. The van der Waals surface area contributed by atoms with Gasteiger partial charge in [-0.25, -0.2) is 0 Å². The molecule has 0 amide bonds. The summed E-state index contributed by atoms with van der Waals surface area (Å²) in [6.07, 6.45) is 4.71. The fourth-order valence-corrected chi connectivity index (χ4v) is 3.52. The molecule has 0 aromatic carbocycles. The van der Waals surface area contributed by atoms with E-state index in [0.29, 0.717) is 0 Å². The molecule has 3 heterocycles. The molecular weight excluding hydrogens is 288 g/mol. The van der Waals surface area contributed by atoms with Gasteiger partial charge in [-0.2, -0.15) is 0 Å². The van der Waals surface area contributed by atoms with Gasteiger partial charge in [-0.3, -0.25) is 4.90 Å². The van der Waals surface area contributed by atoms with Crippen LogP contribution in [0.15, 0.2) is 18.3 Å². The van der Waals surface area contributed by atoms with Crippen LogP contribution in [0.5, 0.6) is 0 Å². The summed E-state index contributed by atoms with van der Waals surface area (Å²) in [5, 5.41) is 0. The number of morpholine rings is 1. The largest absolute Gasteiger partial charge is 0.379 e. The van der Waals surface area contributed by atoms with E-state index in [2.05, 4.69) is 44.6 Å². The fraction of sp³-hybridized carbons (Fsp3) is 0.778. The third-order valence-electron chi connectivity index (χ3n) is 5.19. The van der Waals surface area contributed by atoms with Gasteiger partial charge in [0.25, 0.3) is 0 Å². The first-order chi connectivity index (χ1) is 11.3. The third-order valence-corrected chi connectivity index (χ3v) is 5.19. The maximum atomic E-state index is 5.42. The standard InChI is InChI=1S/C18H32N4O/c1-19-8-10-20(11-9-19)6-2-4-18-5-3-7-22(18)13-12-21-14-16-23-17-15-21/h3,5,7H,2,4,6,8-17H2,1H3. The van der Waals surface area contributed by atoms with Crippen molar-refractivity contribution in [2.45, 2.75) is 19.4 Å². The second kappa shape index (κ2) is 8.83. The number of likely N-dealkylation sites (N-methyl/N-ethyl adjacent to an activating group) is 1. The van der Waals surface area contributed by atoms with Crippen LogP contribution in [0.25, 0.3) is 0 Å². The molecule has 0 bridgehead atoms. The first-order valence-corrected chi connectivity index (χ1v) is 9.16. The van der Waals surface area contributed by atoms with Crippen LogP contribution in [-0.2, 0) is 17.7 Å². The molecule has 5 nitrogen and oxygen atoms in total. The van der Waals surface area contributed by atoms with Crippen LogP contribution >= 0.6 is 0 Å². The highest BCUT2D eigenvalue weighted by atomic mass is 16.5. The summed E-state index contributed by atoms with van der Waals surface area (Å²) in [6, 6.07) is 4.49. The second-order valence-corrected chi connectivity index (χ2v) is 6.90. The molecule has 0 aliphatic carbocycles. The molecule has 1 aromatic rings. The van der Waals surface area contributed by atoms with E-state index in [1.165, 1.54) is 51.3 Å². The average molecular weight is 320 g/mol. The number of hydrogen-bond donors (Lipinski definition) is 0. The van der Waals surface area contributed by atoms with Crippen LogP contribution in [0.4, 0.5) is 0 Å². The number of aromatic nitrogens is 1. The lowest BCUT2D eigenvalue weighted by Gasteiger charge is -2.32. The van der Waals surface area contributed by atoms with Crippen molar-refractivity contribution in [2.75, 3.05) is 72.6 Å². The molecule has 0 saturated carbocycles. The van der Waals surface area contributed by atoms with Crippen molar-refractivity contribution >= 4 is 0 Å². The van der Waals surface area contributed by atoms with E-state index in [0.717, 1.165) is 39.4 Å². The molecule has 0 radical (unpaired) electrons. The Bertz CT molecular complexity index is 448. The Kier molecular flexibility index (Phi) is 6.51. The van der Waals surface area contributed by atoms with Crippen LogP contribution in [0, 0.1) is 0 Å². The molecule has 2 fully saturated rings. The lowest BCUT2D eigenvalue weighted by Crippen LogP contribution is -2.44. The van der Waals surface area contributed by atoms with Gasteiger partial charge in [0.15, 0.2) is 0 Å². The number of hydrogen-bond acceptors (Lipinski definition) is 4. The Morgan fingerprint density at radius 1 is 0.913 bits per heavy atom. The van der Waals surface area contributed by atoms with Gasteiger partial charge in [-0.15, -0.1) is 0 Å². The maximum Gasteiger partial charge on any atom is 0.0594 e. The van der Waals surface area contributed by atoms with Crippen LogP contribution in [0.1, 0.15) is 12.1 Å². The molecule has 0 atom stereocenters. The molecule has 1 aromatic heterocycles. The van der Waals surface area contributed by atoms with Gasteiger partial charge < -0.3 is 19.1 Å². The van der Waals surface area contributed by atoms with E-state index < -0.39 is 0 Å². The van der Waals surface area contributed by atoms with E-state index in [1.807, 2.05) is 0 Å². The summed E-state index contributed by atoms with van der Waals surface area (Å²) >= 11 is 0. The molecule has 0 unspecified atom stereocenters. The second-order valence-electron chi connectivity index (χ2n) is 6.90. The molecule has 130 valence electrons. The molecule has 23 heavy (non-hydrogen) atoms. The van der Waals surface area contributed by atoms with Gasteiger partial charge in [0.2, 0.25) is 0 Å². The first-order valence-electron chi connectivity index (χ1n) is 9.16. The number of aryl methyl sites for hydroxylation is 1. The van der Waals surface area contributed by atoms with Crippen molar-refractivity contribution in [1.29, 1.82) is 0 Å². The Hall–Kier alpha value is -0.880. The van der Waals surface area contributed by atoms with Gasteiger partial charge in [0.05, 0.1) is 13.2 Å². The highest BCUT2D eigenvalue weighted by Crippen LogP contribution is 2.08. The summed E-state index contributed by atoms with van der Waals surface area (Å²) < 4.78 is 7.87. The molecule has 2 aliphatic rings. The minimum absolute atomic E-state index is 0.892. The SMILES string of the molecule is CN1CCN(CCCc2cccn2CCN2CCOCC2)CC1. The van der Waals surface area contributed by atoms with Crippen molar-refractivity contribution in [3.63, 3.8) is 0 Å². The van der Waals surface area contributed by atoms with Crippen molar-refractivity contribution in [2.24, 2.45) is 0 Å². The third kappa shape index (κ3) is 5.31. The van der Waals surface area contributed by atoms with E-state index in [-0.39, 0.29) is 0 Å². The van der Waals surface area contributed by atoms with Gasteiger partial charge in [-0.1, -0.05) is 0 Å². The zero-order valence-electron chi connectivity index (χ0n) is 14.6. The summed E-state index contributed by atoms with van der Waals surface area (Å²) in [5.41, 5.74) is 1.49. The molecule has 2 aliphatic heterocycles. The van der Waals surface area contributed by atoms with Gasteiger partial charge >= 0.3 is 0 Å². The Balaban J connectivity index is 1.37. The van der Waals surface area contributed by atoms with Crippen molar-refractivity contribution < 1.29 is 4.74 Å². The van der Waals surface area contributed by atoms with Crippen LogP contribution < -0.4 is 0 Å². The van der Waals surface area contributed by atoms with E-state index in [9.17, 15) is 0 Å². The zero-order chi connectivity index (χ0) is 15.9. The van der Waals surface area contributed by atoms with Gasteiger partial charge in [0, 0.05) is 64.2 Å². The molecule has 2 saturated heterocycles. The van der Waals surface area contributed by atoms with E-state index in [1.54, 1.807) is 0 Å². The first kappa shape index (κ1) is 17.0. The van der Waals surface area contributed by atoms with Crippen LogP contribution in [0.3, 0.4) is 0 Å². The van der Waals surface area contributed by atoms with Gasteiger partial charge in [-0.05, 0) is 38.6 Å². The maximum absolute atomic E-state index is 5.42. The number of nitrogens with zero attached hydrogens (tertiary/aromatic N) is 4. The quantitative estimate of drug-likeness (QED) is 0.748. The summed E-state index contributed by atoms with van der Waals surface area (Å²) in [7, 11) is 2.22. The predicted octanol–water partition coefficient (Wildman–Crippen LogP) is 1.00. The predicted molar refractivity (Wildman–Crippen MR) is 93.9 cm³/mol. The highest BCUT2D eigenvalue weighted by Gasteiger charge is 2.14. The average Bonchev–Trinajstić information content (AvgIpc) is 3.03. The van der Waals surface area contributed by atoms with E-state index >= 15 is 0 Å². The highest BCUT2D eigenvalue weighted by molar-refractivity contribution is 5.07. The molecule has 3 rings (SSSR count). The molecule has 0 N–H and O–H groups in total. The lowest BCUT2D eigenvalue weighted by atomic mass is 10.2. The monoisotopic (exact) mass is 320 g/mol. The van der Waals surface area contributed by atoms with Crippen molar-refractivity contribution in [3.8, 4) is 0 Å². The zero-order valence-corrected chi connectivity index (χ0v) is 14.6. The van der Waals surface area contributed by atoms with Gasteiger partial charge in [0.1, 0.15) is 0 Å². The number of rotatable bonds is 7. The fourth-order valence-electron chi connectivity index (χ4n) is 3.52. The van der Waals surface area contributed by atoms with Crippen LogP contribution in [-0.4, -0.2) is 91.9 Å². The summed E-state index contributed by atoms with van der Waals surface area (Å²) in [6.45, 7) is 12.3. The number of ether oxygens (including phenoxy) is 1. The number of piperazine rings is 1. The molecular formula is C18H32N4O. The summed E-state index contributed by atoms with van der Waals surface area (Å²) in [4.78, 5) is 7.55. The van der Waals surface area contributed by atoms with E-state index in [4.69, 9.17) is 4.74 Å². The minimum atomic E-state index is 0.892. The lowest BCUT2D eigenvalue weighted by molar-refractivity contribution is 0.0363. The minimum Gasteiger partial charge on any atom is -0.379 e. The van der Waals surface area contributed by atoms with Crippen LogP contribution in [0.2, 0.25) is 0 Å². The topological polar surface area (TPSA) is 23.9 Å². The Labute approximate surface area is 140 Å². The smallest absolute Gasteiger partial charge is 0.0594 e. The molecule has 0 spiro atoms.